The van der Waals surface area contributed by atoms with Crippen molar-refractivity contribution in [2.75, 3.05) is 0 Å². The van der Waals surface area contributed by atoms with Gasteiger partial charge in [0.15, 0.2) is 11.5 Å². The molecule has 23 heavy (non-hydrogen) atoms. The van der Waals surface area contributed by atoms with E-state index in [1.807, 2.05) is 12.1 Å². The van der Waals surface area contributed by atoms with E-state index in [9.17, 15) is 10.2 Å². The predicted molar refractivity (Wildman–Crippen MR) is 96.4 cm³/mol. The fraction of sp³-hybridized carbons (Fsp3) is 0. The summed E-state index contributed by atoms with van der Waals surface area (Å²) in [5.41, 5.74) is 2.25. The average Bonchev–Trinajstić information content (AvgIpc) is 3.06. The molecule has 0 spiro atoms. The zero-order valence-corrected chi connectivity index (χ0v) is 15.4. The fourth-order valence-corrected chi connectivity index (χ4v) is 3.98. The summed E-state index contributed by atoms with van der Waals surface area (Å²) in [4.78, 5) is 5.33. The third-order valence-electron chi connectivity index (χ3n) is 3.20. The van der Waals surface area contributed by atoms with Crippen LogP contribution in [0.4, 0.5) is 0 Å². The first-order valence-corrected chi connectivity index (χ1v) is 8.78. The van der Waals surface area contributed by atoms with Gasteiger partial charge in [0.2, 0.25) is 0 Å². The molecule has 2 aromatic carbocycles. The van der Waals surface area contributed by atoms with Crippen LogP contribution in [-0.4, -0.2) is 15.2 Å². The molecule has 2 N–H and O–H groups in total. The average molecular weight is 452 g/mol. The minimum atomic E-state index is -0.232. The highest BCUT2D eigenvalue weighted by Gasteiger charge is 2.17. The van der Waals surface area contributed by atoms with Crippen molar-refractivity contribution in [3.63, 3.8) is 0 Å². The number of aromatic nitrogens is 1. The van der Waals surface area contributed by atoms with Crippen LogP contribution in [0.1, 0.15) is 5.56 Å². The predicted octanol–water partition coefficient (Wildman–Crippen LogP) is 5.28. The number of aromatic hydroxyl groups is 2. The highest BCUT2D eigenvalue weighted by atomic mass is 79.9. The van der Waals surface area contributed by atoms with Crippen LogP contribution in [-0.2, 0) is 0 Å². The molecule has 3 aromatic rings. The second-order valence-corrected chi connectivity index (χ2v) is 7.31. The normalized spacial score (nSPS) is 10.5. The van der Waals surface area contributed by atoms with E-state index in [1.165, 1.54) is 11.3 Å². The van der Waals surface area contributed by atoms with Gasteiger partial charge in [-0.1, -0.05) is 12.1 Å². The van der Waals surface area contributed by atoms with Gasteiger partial charge in [0, 0.05) is 11.8 Å². The summed E-state index contributed by atoms with van der Waals surface area (Å²) in [6.07, 6.45) is 1.74. The number of thiazole rings is 1. The zero-order chi connectivity index (χ0) is 16.6. The van der Waals surface area contributed by atoms with Crippen LogP contribution >= 0.6 is 43.2 Å². The molecule has 0 fully saturated rings. The van der Waals surface area contributed by atoms with E-state index < -0.39 is 0 Å². The first-order chi connectivity index (χ1) is 11.0. The summed E-state index contributed by atoms with van der Waals surface area (Å²) in [5.74, 6) is -0.450. The molecule has 0 aliphatic carbocycles. The number of rotatable bonds is 2. The summed E-state index contributed by atoms with van der Waals surface area (Å²) in [5, 5.41) is 29.2. The van der Waals surface area contributed by atoms with Crippen molar-refractivity contribution in [1.82, 2.24) is 4.98 Å². The second-order valence-electron chi connectivity index (χ2n) is 4.64. The van der Waals surface area contributed by atoms with E-state index in [1.54, 1.807) is 24.4 Å². The van der Waals surface area contributed by atoms with Gasteiger partial charge in [-0.25, -0.2) is 4.98 Å². The van der Waals surface area contributed by atoms with Crippen LogP contribution in [0.2, 0.25) is 0 Å². The number of nitriles is 1. The van der Waals surface area contributed by atoms with Crippen LogP contribution in [0.3, 0.4) is 0 Å². The molecule has 0 radical (unpaired) electrons. The Morgan fingerprint density at radius 3 is 2.43 bits per heavy atom. The molecule has 7 heteroatoms. The van der Waals surface area contributed by atoms with Crippen LogP contribution in [0.5, 0.6) is 11.5 Å². The van der Waals surface area contributed by atoms with Gasteiger partial charge in [-0.05, 0) is 55.6 Å². The van der Waals surface area contributed by atoms with Crippen molar-refractivity contribution < 1.29 is 10.2 Å². The molecular weight excluding hydrogens is 444 g/mol. The van der Waals surface area contributed by atoms with Gasteiger partial charge >= 0.3 is 0 Å². The molecule has 4 nitrogen and oxygen atoms in total. The number of hydrogen-bond donors (Lipinski definition) is 2. The fourth-order valence-electron chi connectivity index (χ4n) is 2.00. The molecule has 0 unspecified atom stereocenters. The maximum atomic E-state index is 9.93. The van der Waals surface area contributed by atoms with Gasteiger partial charge in [0.1, 0.15) is 5.01 Å². The van der Waals surface area contributed by atoms with E-state index in [0.717, 1.165) is 10.4 Å². The lowest BCUT2D eigenvalue weighted by Crippen LogP contribution is -1.82. The first-order valence-electron chi connectivity index (χ1n) is 6.38. The number of hydrogen-bond acceptors (Lipinski definition) is 5. The molecule has 114 valence electrons. The first kappa shape index (κ1) is 16.0. The van der Waals surface area contributed by atoms with Crippen molar-refractivity contribution in [2.45, 2.75) is 0 Å². The lowest BCUT2D eigenvalue weighted by Gasteiger charge is -2.07. The topological polar surface area (TPSA) is 77.1 Å². The second kappa shape index (κ2) is 6.32. The minimum absolute atomic E-state index is 0.218. The molecular formula is C16H8Br2N2O2S. The molecule has 3 rings (SSSR count). The summed E-state index contributed by atoms with van der Waals surface area (Å²) >= 11 is 7.95. The molecule has 0 aliphatic heterocycles. The van der Waals surface area contributed by atoms with Gasteiger partial charge in [0.25, 0.3) is 0 Å². The molecule has 0 atom stereocenters. The summed E-state index contributed by atoms with van der Waals surface area (Å²) in [7, 11) is 0. The van der Waals surface area contributed by atoms with E-state index in [0.29, 0.717) is 25.1 Å². The highest BCUT2D eigenvalue weighted by Crippen LogP contribution is 2.46. The number of phenolic OH excluding ortho intramolecular Hbond substituents is 2. The summed E-state index contributed by atoms with van der Waals surface area (Å²) in [6.45, 7) is 0. The third-order valence-corrected chi connectivity index (χ3v) is 5.69. The monoisotopic (exact) mass is 450 g/mol. The van der Waals surface area contributed by atoms with Crippen LogP contribution in [0.15, 0.2) is 45.5 Å². The van der Waals surface area contributed by atoms with E-state index in [2.05, 4.69) is 42.9 Å². The van der Waals surface area contributed by atoms with Gasteiger partial charge < -0.3 is 10.2 Å². The Balaban J connectivity index is 2.04. The zero-order valence-electron chi connectivity index (χ0n) is 11.4. The van der Waals surface area contributed by atoms with Gasteiger partial charge in [0.05, 0.1) is 25.5 Å². The Kier molecular flexibility index (Phi) is 4.39. The van der Waals surface area contributed by atoms with Crippen molar-refractivity contribution in [2.24, 2.45) is 0 Å². The molecule has 1 aromatic heterocycles. The van der Waals surface area contributed by atoms with Gasteiger partial charge in [-0.2, -0.15) is 5.26 Å². The Bertz CT molecular complexity index is 930. The Morgan fingerprint density at radius 1 is 1.09 bits per heavy atom. The number of phenols is 2. The Hall–Kier alpha value is -1.88. The quantitative estimate of drug-likeness (QED) is 0.519. The molecule has 0 amide bonds. The molecule has 0 saturated heterocycles. The van der Waals surface area contributed by atoms with E-state index in [4.69, 9.17) is 5.26 Å². The van der Waals surface area contributed by atoms with Gasteiger partial charge in [-0.3, -0.25) is 0 Å². The highest BCUT2D eigenvalue weighted by molar-refractivity contribution is 9.11. The molecule has 0 aliphatic rings. The van der Waals surface area contributed by atoms with Crippen molar-refractivity contribution in [3.05, 3.63) is 51.0 Å². The summed E-state index contributed by atoms with van der Waals surface area (Å²) in [6, 6.07) is 11.0. The van der Waals surface area contributed by atoms with Crippen molar-refractivity contribution >= 4 is 43.2 Å². The largest absolute Gasteiger partial charge is 0.503 e. The lowest BCUT2D eigenvalue weighted by molar-refractivity contribution is 0.399. The van der Waals surface area contributed by atoms with Crippen molar-refractivity contribution in [3.8, 4) is 38.6 Å². The molecule has 0 saturated carbocycles. The lowest BCUT2D eigenvalue weighted by atomic mass is 10.1. The Morgan fingerprint density at radius 2 is 1.78 bits per heavy atom. The number of halogens is 2. The van der Waals surface area contributed by atoms with Crippen LogP contribution in [0, 0.1) is 11.3 Å². The smallest absolute Gasteiger partial charge is 0.173 e. The standard InChI is InChI=1S/C16H8Br2N2O2S/c17-11-5-10(13(18)15(22)14(11)21)16-20-7-12(23-16)9-3-1-8(6-19)2-4-9/h1-5,7,21-22H. The van der Waals surface area contributed by atoms with E-state index >= 15 is 0 Å². The van der Waals surface area contributed by atoms with Crippen LogP contribution < -0.4 is 0 Å². The number of benzene rings is 2. The van der Waals surface area contributed by atoms with Crippen molar-refractivity contribution in [1.29, 1.82) is 5.26 Å². The maximum absolute atomic E-state index is 9.93. The maximum Gasteiger partial charge on any atom is 0.173 e. The van der Waals surface area contributed by atoms with E-state index in [-0.39, 0.29) is 11.5 Å². The Labute approximate surface area is 152 Å². The minimum Gasteiger partial charge on any atom is -0.503 e. The SMILES string of the molecule is N#Cc1ccc(-c2cnc(-c3cc(Br)c(O)c(O)c3Br)s2)cc1. The molecule has 0 bridgehead atoms. The van der Waals surface area contributed by atoms with Crippen LogP contribution in [0.25, 0.3) is 21.0 Å². The molecule has 1 heterocycles. The summed E-state index contributed by atoms with van der Waals surface area (Å²) < 4.78 is 0.780. The number of nitrogens with zero attached hydrogens (tertiary/aromatic N) is 2. The third kappa shape index (κ3) is 2.98. The van der Waals surface area contributed by atoms with Gasteiger partial charge in [-0.15, -0.1) is 11.3 Å².